The second-order valence-electron chi connectivity index (χ2n) is 5.20. The molecule has 0 amide bonds. The lowest BCUT2D eigenvalue weighted by atomic mass is 10.1. The van der Waals surface area contributed by atoms with E-state index < -0.39 is 0 Å². The second kappa shape index (κ2) is 7.27. The fourth-order valence-electron chi connectivity index (χ4n) is 2.52. The summed E-state index contributed by atoms with van der Waals surface area (Å²) in [5.74, 6) is 0. The van der Waals surface area contributed by atoms with Crippen molar-refractivity contribution in [3.8, 4) is 0 Å². The van der Waals surface area contributed by atoms with Gasteiger partial charge in [0.1, 0.15) is 0 Å². The average molecular weight is 311 g/mol. The van der Waals surface area contributed by atoms with Crippen molar-refractivity contribution in [2.75, 3.05) is 19.6 Å². The van der Waals surface area contributed by atoms with Crippen molar-refractivity contribution in [2.45, 2.75) is 38.8 Å². The highest BCUT2D eigenvalue weighted by Gasteiger charge is 2.15. The normalized spacial score (nSPS) is 18.8. The maximum absolute atomic E-state index is 3.56. The van der Waals surface area contributed by atoms with Gasteiger partial charge < -0.3 is 5.32 Å². The van der Waals surface area contributed by atoms with E-state index in [0.29, 0.717) is 6.04 Å². The van der Waals surface area contributed by atoms with Gasteiger partial charge in [-0.15, -0.1) is 0 Å². The van der Waals surface area contributed by atoms with Crippen molar-refractivity contribution in [2.24, 2.45) is 0 Å². The Kier molecular flexibility index (Phi) is 5.67. The summed E-state index contributed by atoms with van der Waals surface area (Å²) in [7, 11) is 0. The van der Waals surface area contributed by atoms with Gasteiger partial charge >= 0.3 is 0 Å². The van der Waals surface area contributed by atoms with E-state index in [1.807, 2.05) is 0 Å². The molecule has 0 aliphatic carbocycles. The highest BCUT2D eigenvalue weighted by molar-refractivity contribution is 9.10. The van der Waals surface area contributed by atoms with Crippen LogP contribution in [0.3, 0.4) is 0 Å². The van der Waals surface area contributed by atoms with Gasteiger partial charge in [-0.2, -0.15) is 0 Å². The Balaban J connectivity index is 1.69. The molecule has 100 valence electrons. The SMILES string of the molecule is CC(CNCc1ccc(Br)cc1)N1CCCCC1. The van der Waals surface area contributed by atoms with Gasteiger partial charge in [-0.05, 0) is 50.6 Å². The summed E-state index contributed by atoms with van der Waals surface area (Å²) < 4.78 is 1.15. The smallest absolute Gasteiger partial charge is 0.0206 e. The first-order valence-electron chi connectivity index (χ1n) is 6.95. The van der Waals surface area contributed by atoms with Crippen LogP contribution in [-0.4, -0.2) is 30.6 Å². The van der Waals surface area contributed by atoms with Gasteiger partial charge in [0.2, 0.25) is 0 Å². The first-order chi connectivity index (χ1) is 8.75. The number of nitrogens with zero attached hydrogens (tertiary/aromatic N) is 1. The molecule has 0 bridgehead atoms. The monoisotopic (exact) mass is 310 g/mol. The number of piperidine rings is 1. The van der Waals surface area contributed by atoms with Gasteiger partial charge in [0.15, 0.2) is 0 Å². The number of nitrogens with one attached hydrogen (secondary N) is 1. The van der Waals surface area contributed by atoms with Crippen LogP contribution in [0.15, 0.2) is 28.7 Å². The zero-order chi connectivity index (χ0) is 12.8. The summed E-state index contributed by atoms with van der Waals surface area (Å²) in [6, 6.07) is 9.20. The minimum atomic E-state index is 0.653. The minimum absolute atomic E-state index is 0.653. The second-order valence-corrected chi connectivity index (χ2v) is 6.12. The maximum atomic E-state index is 3.56. The lowest BCUT2D eigenvalue weighted by molar-refractivity contribution is 0.170. The molecule has 1 aliphatic heterocycles. The number of rotatable bonds is 5. The van der Waals surface area contributed by atoms with Crippen LogP contribution in [0.1, 0.15) is 31.7 Å². The van der Waals surface area contributed by atoms with Crippen LogP contribution in [0.4, 0.5) is 0 Å². The Morgan fingerprint density at radius 3 is 2.50 bits per heavy atom. The highest BCUT2D eigenvalue weighted by Crippen LogP contribution is 2.12. The van der Waals surface area contributed by atoms with Crippen LogP contribution in [0.5, 0.6) is 0 Å². The molecule has 1 fully saturated rings. The zero-order valence-corrected chi connectivity index (χ0v) is 12.7. The van der Waals surface area contributed by atoms with Crippen LogP contribution >= 0.6 is 15.9 Å². The fourth-order valence-corrected chi connectivity index (χ4v) is 2.78. The predicted octanol–water partition coefficient (Wildman–Crippen LogP) is 3.41. The van der Waals surface area contributed by atoms with Crippen LogP contribution in [-0.2, 0) is 6.54 Å². The Bertz CT molecular complexity index is 344. The Hall–Kier alpha value is -0.380. The number of benzene rings is 1. The molecule has 3 heteroatoms. The first-order valence-corrected chi connectivity index (χ1v) is 7.74. The van der Waals surface area contributed by atoms with E-state index in [1.165, 1.54) is 37.9 Å². The number of halogens is 1. The van der Waals surface area contributed by atoms with Crippen molar-refractivity contribution in [3.05, 3.63) is 34.3 Å². The fraction of sp³-hybridized carbons (Fsp3) is 0.600. The molecule has 18 heavy (non-hydrogen) atoms. The lowest BCUT2D eigenvalue weighted by Crippen LogP contribution is -2.42. The van der Waals surface area contributed by atoms with Crippen molar-refractivity contribution in [1.82, 2.24) is 10.2 Å². The quantitative estimate of drug-likeness (QED) is 0.896. The van der Waals surface area contributed by atoms with Crippen molar-refractivity contribution < 1.29 is 0 Å². The molecule has 1 N–H and O–H groups in total. The molecule has 1 saturated heterocycles. The molecule has 0 radical (unpaired) electrons. The molecule has 1 atom stereocenters. The van der Waals surface area contributed by atoms with Gasteiger partial charge in [0.25, 0.3) is 0 Å². The molecule has 0 aromatic heterocycles. The topological polar surface area (TPSA) is 15.3 Å². The standard InChI is InChI=1S/C15H23BrN2/c1-13(18-9-3-2-4-10-18)11-17-12-14-5-7-15(16)8-6-14/h5-8,13,17H,2-4,9-12H2,1H3. The molecule has 0 saturated carbocycles. The molecule has 1 aromatic carbocycles. The van der Waals surface area contributed by atoms with Crippen LogP contribution < -0.4 is 5.32 Å². The first kappa shape index (κ1) is 14.0. The van der Waals surface area contributed by atoms with E-state index in [2.05, 4.69) is 57.3 Å². The summed E-state index contributed by atoms with van der Waals surface area (Å²) in [4.78, 5) is 2.61. The van der Waals surface area contributed by atoms with E-state index in [4.69, 9.17) is 0 Å². The van der Waals surface area contributed by atoms with Gasteiger partial charge in [0.05, 0.1) is 0 Å². The van der Waals surface area contributed by atoms with Gasteiger partial charge in [-0.1, -0.05) is 34.5 Å². The van der Waals surface area contributed by atoms with Crippen LogP contribution in [0.2, 0.25) is 0 Å². The molecule has 1 aliphatic rings. The Labute approximate surface area is 119 Å². The molecule has 1 unspecified atom stereocenters. The van der Waals surface area contributed by atoms with Gasteiger partial charge in [-0.3, -0.25) is 4.90 Å². The third kappa shape index (κ3) is 4.38. The molecule has 1 heterocycles. The van der Waals surface area contributed by atoms with E-state index >= 15 is 0 Å². The molecule has 1 aromatic rings. The Morgan fingerprint density at radius 2 is 1.83 bits per heavy atom. The Morgan fingerprint density at radius 1 is 1.17 bits per heavy atom. The number of likely N-dealkylation sites (tertiary alicyclic amines) is 1. The van der Waals surface area contributed by atoms with Gasteiger partial charge in [0, 0.05) is 23.6 Å². The largest absolute Gasteiger partial charge is 0.311 e. The van der Waals surface area contributed by atoms with E-state index in [1.54, 1.807) is 0 Å². The molecular formula is C15H23BrN2. The average Bonchev–Trinajstić information content (AvgIpc) is 2.42. The summed E-state index contributed by atoms with van der Waals surface area (Å²) in [5.41, 5.74) is 1.35. The highest BCUT2D eigenvalue weighted by atomic mass is 79.9. The predicted molar refractivity (Wildman–Crippen MR) is 80.7 cm³/mol. The van der Waals surface area contributed by atoms with Crippen molar-refractivity contribution in [3.63, 3.8) is 0 Å². The molecule has 2 rings (SSSR count). The van der Waals surface area contributed by atoms with Gasteiger partial charge in [-0.25, -0.2) is 0 Å². The van der Waals surface area contributed by atoms with E-state index in [-0.39, 0.29) is 0 Å². The van der Waals surface area contributed by atoms with Crippen LogP contribution in [0.25, 0.3) is 0 Å². The van der Waals surface area contributed by atoms with Crippen molar-refractivity contribution >= 4 is 15.9 Å². The molecule has 0 spiro atoms. The summed E-state index contributed by atoms with van der Waals surface area (Å²) in [6.07, 6.45) is 4.16. The van der Waals surface area contributed by atoms with Crippen LogP contribution in [0, 0.1) is 0 Å². The van der Waals surface area contributed by atoms with E-state index in [9.17, 15) is 0 Å². The number of hydrogen-bond donors (Lipinski definition) is 1. The number of hydrogen-bond acceptors (Lipinski definition) is 2. The third-order valence-electron chi connectivity index (χ3n) is 3.70. The third-order valence-corrected chi connectivity index (χ3v) is 4.22. The summed E-state index contributed by atoms with van der Waals surface area (Å²) in [5, 5.41) is 3.56. The lowest BCUT2D eigenvalue weighted by Gasteiger charge is -2.32. The van der Waals surface area contributed by atoms with E-state index in [0.717, 1.165) is 17.6 Å². The maximum Gasteiger partial charge on any atom is 0.0206 e. The van der Waals surface area contributed by atoms with Crippen molar-refractivity contribution in [1.29, 1.82) is 0 Å². The molecule has 2 nitrogen and oxygen atoms in total. The minimum Gasteiger partial charge on any atom is -0.311 e. The summed E-state index contributed by atoms with van der Waals surface area (Å²) >= 11 is 3.46. The zero-order valence-electron chi connectivity index (χ0n) is 11.2. The summed E-state index contributed by atoms with van der Waals surface area (Å²) in [6.45, 7) is 6.93. The molecular weight excluding hydrogens is 288 g/mol.